The highest BCUT2D eigenvalue weighted by molar-refractivity contribution is 6.04. The first-order valence-corrected chi connectivity index (χ1v) is 20.3. The summed E-state index contributed by atoms with van der Waals surface area (Å²) in [7, 11) is 2.59. The quantitative estimate of drug-likeness (QED) is 0.195. The van der Waals surface area contributed by atoms with Crippen LogP contribution in [-0.4, -0.2) is 94.9 Å². The second-order valence-corrected chi connectivity index (χ2v) is 16.9. The van der Waals surface area contributed by atoms with Gasteiger partial charge in [0.2, 0.25) is 11.8 Å². The first kappa shape index (κ1) is 40.5. The number of hydrogen-bond acceptors (Lipinski definition) is 9. The molecule has 4 aliphatic rings. The van der Waals surface area contributed by atoms with E-state index < -0.39 is 24.3 Å². The summed E-state index contributed by atoms with van der Waals surface area (Å²) in [5, 5.41) is 5.43. The maximum absolute atomic E-state index is 13.7. The Morgan fingerprint density at radius 2 is 1.41 bits per heavy atom. The van der Waals surface area contributed by atoms with Gasteiger partial charge in [-0.15, -0.1) is 0 Å². The number of ether oxygens (including phenoxy) is 3. The molecule has 4 aliphatic heterocycles. The normalized spacial score (nSPS) is 20.4. The molecule has 2 fully saturated rings. The van der Waals surface area contributed by atoms with E-state index in [1.165, 1.54) is 14.2 Å². The molecule has 58 heavy (non-hydrogen) atoms. The third kappa shape index (κ3) is 7.68. The van der Waals surface area contributed by atoms with Crippen molar-refractivity contribution in [3.05, 3.63) is 71.3 Å². The summed E-state index contributed by atoms with van der Waals surface area (Å²) in [6.45, 7) is 13.2. The van der Waals surface area contributed by atoms with Crippen LogP contribution in [0.1, 0.15) is 102 Å². The van der Waals surface area contributed by atoms with E-state index in [1.54, 1.807) is 0 Å². The Labute approximate surface area is 339 Å². The first-order chi connectivity index (χ1) is 27.7. The maximum Gasteiger partial charge on any atom is 0.407 e. The van der Waals surface area contributed by atoms with Gasteiger partial charge in [0, 0.05) is 53.5 Å². The molecule has 4 amide bonds. The van der Waals surface area contributed by atoms with E-state index in [-0.39, 0.29) is 41.1 Å². The molecule has 4 atom stereocenters. The third-order valence-electron chi connectivity index (χ3n) is 12.1. The van der Waals surface area contributed by atoms with Crippen molar-refractivity contribution in [3.63, 3.8) is 0 Å². The van der Waals surface area contributed by atoms with Crippen LogP contribution in [-0.2, 0) is 24.5 Å². The zero-order valence-corrected chi connectivity index (χ0v) is 34.7. The van der Waals surface area contributed by atoms with Crippen molar-refractivity contribution in [3.8, 4) is 22.8 Å². The van der Waals surface area contributed by atoms with Gasteiger partial charge in [0.25, 0.3) is 0 Å². The number of aromatic amines is 1. The Morgan fingerprint density at radius 1 is 0.810 bits per heavy atom. The molecule has 0 unspecified atom stereocenters. The smallest absolute Gasteiger partial charge is 0.407 e. The number of H-pyrrole nitrogens is 1. The van der Waals surface area contributed by atoms with Crippen molar-refractivity contribution in [1.29, 1.82) is 0 Å². The van der Waals surface area contributed by atoms with Crippen LogP contribution in [0.5, 0.6) is 11.5 Å². The van der Waals surface area contributed by atoms with Gasteiger partial charge in [-0.25, -0.2) is 14.6 Å². The summed E-state index contributed by atoms with van der Waals surface area (Å²) in [5.41, 5.74) is 6.55. The number of benzene rings is 2. The highest BCUT2D eigenvalue weighted by Crippen LogP contribution is 2.50. The van der Waals surface area contributed by atoms with Gasteiger partial charge in [-0.2, -0.15) is 0 Å². The van der Waals surface area contributed by atoms with Crippen LogP contribution >= 0.6 is 0 Å². The number of aliphatic imine (C=N–C) groups is 1. The Bertz CT molecular complexity index is 2150. The Kier molecular flexibility index (Phi) is 11.4. The number of nitrogens with one attached hydrogen (secondary N) is 3. The Balaban J connectivity index is 1.05. The molecule has 0 aliphatic carbocycles. The summed E-state index contributed by atoms with van der Waals surface area (Å²) in [6, 6.07) is 10.8. The fourth-order valence-corrected chi connectivity index (χ4v) is 8.79. The monoisotopic (exact) mass is 793 g/mol. The highest BCUT2D eigenvalue weighted by Gasteiger charge is 2.40. The molecule has 7 rings (SSSR count). The average molecular weight is 794 g/mol. The van der Waals surface area contributed by atoms with Crippen molar-refractivity contribution in [2.24, 2.45) is 16.8 Å². The molecule has 3 aromatic rings. The molecule has 2 aromatic carbocycles. The number of allylic oxidation sites excluding steroid dienone is 1. The molecule has 3 N–H and O–H groups in total. The van der Waals surface area contributed by atoms with Crippen molar-refractivity contribution in [1.82, 2.24) is 30.4 Å². The second kappa shape index (κ2) is 16.3. The molecule has 0 saturated carbocycles. The number of rotatable bonds is 10. The maximum atomic E-state index is 13.7. The van der Waals surface area contributed by atoms with Gasteiger partial charge in [-0.05, 0) is 72.9 Å². The lowest BCUT2D eigenvalue weighted by Gasteiger charge is -2.35. The van der Waals surface area contributed by atoms with Gasteiger partial charge in [0.15, 0.2) is 0 Å². The van der Waals surface area contributed by atoms with Gasteiger partial charge >= 0.3 is 12.2 Å². The molecule has 308 valence electrons. The third-order valence-corrected chi connectivity index (χ3v) is 12.1. The standard InChI is InChI=1S/C44H55N7O7/c1-24(2)37(48-42(54)56-7)40(52)50-17-9-11-33(50)31-20-28(22-45-31)26-13-15-29-36(21-26)58-35-16-14-27(19-30(35)44(29,5)6)32-23-46-39(47-32)34-12-10-18-51(34)41(53)38(25(3)4)49-43(55)57-8/h13-16,19,21-25,33-34,37-38H,9-12,17-18,20H2,1-8H3,(H,46,47)(H,48,54)(H,49,55)/t33-,34-,37-,38-/m0/s1. The van der Waals surface area contributed by atoms with E-state index in [2.05, 4.69) is 53.7 Å². The topological polar surface area (TPSA) is 168 Å². The van der Waals surface area contributed by atoms with Crippen LogP contribution < -0.4 is 15.4 Å². The SMILES string of the molecule is COC(=O)N[C@H](C(=O)N1CCC[C@H]1C1=NC=C(c2ccc3c(c2)Oc2ccc(-c4cnc([C@@H]5CCCN5C(=O)[C@@H](NC(=O)OC)C(C)C)[nH]4)cc2C3(C)C)C1)C(C)C. The number of aromatic nitrogens is 2. The number of imidazole rings is 1. The number of amides is 4. The van der Waals surface area contributed by atoms with Crippen LogP contribution in [0.15, 0.2) is 53.8 Å². The van der Waals surface area contributed by atoms with E-state index in [4.69, 9.17) is 24.2 Å². The van der Waals surface area contributed by atoms with E-state index in [9.17, 15) is 19.2 Å². The molecule has 14 nitrogen and oxygen atoms in total. The molecule has 2 saturated heterocycles. The van der Waals surface area contributed by atoms with Gasteiger partial charge in [0.1, 0.15) is 29.4 Å². The number of methoxy groups -OCH3 is 2. The van der Waals surface area contributed by atoms with E-state index >= 15 is 0 Å². The summed E-state index contributed by atoms with van der Waals surface area (Å²) >= 11 is 0. The van der Waals surface area contributed by atoms with Gasteiger partial charge in [-0.3, -0.25) is 14.6 Å². The summed E-state index contributed by atoms with van der Waals surface area (Å²) in [4.78, 5) is 68.2. The number of fused-ring (bicyclic) bond motifs is 2. The zero-order valence-electron chi connectivity index (χ0n) is 34.7. The number of hydrogen-bond donors (Lipinski definition) is 3. The molecule has 1 aromatic heterocycles. The summed E-state index contributed by atoms with van der Waals surface area (Å²) in [6.07, 6.45) is 6.39. The number of carbonyl (C=O) groups excluding carboxylic acids is 4. The molecular weight excluding hydrogens is 739 g/mol. The molecule has 0 radical (unpaired) electrons. The predicted octanol–water partition coefficient (Wildman–Crippen LogP) is 7.11. The van der Waals surface area contributed by atoms with Crippen molar-refractivity contribution in [2.45, 2.75) is 103 Å². The fraction of sp³-hybridized carbons (Fsp3) is 0.500. The van der Waals surface area contributed by atoms with Crippen molar-refractivity contribution in [2.75, 3.05) is 27.3 Å². The van der Waals surface area contributed by atoms with E-state index in [0.717, 1.165) is 76.4 Å². The molecule has 14 heteroatoms. The average Bonchev–Trinajstić information content (AvgIpc) is 4.05. The lowest BCUT2D eigenvalue weighted by molar-refractivity contribution is -0.135. The van der Waals surface area contributed by atoms with Gasteiger partial charge < -0.3 is 39.6 Å². The molecule has 0 spiro atoms. The van der Waals surface area contributed by atoms with Gasteiger partial charge in [-0.1, -0.05) is 53.7 Å². The lowest BCUT2D eigenvalue weighted by atomic mass is 9.75. The predicted molar refractivity (Wildman–Crippen MR) is 219 cm³/mol. The molecule has 0 bridgehead atoms. The number of carbonyl (C=O) groups is 4. The fourth-order valence-electron chi connectivity index (χ4n) is 8.79. The minimum Gasteiger partial charge on any atom is -0.457 e. The minimum absolute atomic E-state index is 0.101. The highest BCUT2D eigenvalue weighted by atomic mass is 16.5. The summed E-state index contributed by atoms with van der Waals surface area (Å²) < 4.78 is 16.2. The Hall–Kier alpha value is -5.66. The number of likely N-dealkylation sites (tertiary alicyclic amines) is 2. The van der Waals surface area contributed by atoms with Crippen molar-refractivity contribution >= 4 is 35.3 Å². The van der Waals surface area contributed by atoms with Crippen molar-refractivity contribution < 1.29 is 33.4 Å². The van der Waals surface area contributed by atoms with Crippen LogP contribution in [0.25, 0.3) is 16.8 Å². The summed E-state index contributed by atoms with van der Waals surface area (Å²) in [5.74, 6) is 1.80. The molecular formula is C44H55N7O7. The second-order valence-electron chi connectivity index (χ2n) is 16.9. The lowest BCUT2D eigenvalue weighted by Crippen LogP contribution is -2.53. The van der Waals surface area contributed by atoms with Crippen LogP contribution in [0.3, 0.4) is 0 Å². The zero-order chi connectivity index (χ0) is 41.5. The van der Waals surface area contributed by atoms with Gasteiger partial charge in [0.05, 0.1) is 38.2 Å². The number of alkyl carbamates (subject to hydrolysis) is 2. The van der Waals surface area contributed by atoms with Crippen LogP contribution in [0, 0.1) is 11.8 Å². The van der Waals surface area contributed by atoms with E-state index in [1.807, 2.05) is 62.0 Å². The van der Waals surface area contributed by atoms with Crippen LogP contribution in [0.2, 0.25) is 0 Å². The minimum atomic E-state index is -0.702. The Morgan fingerprint density at radius 3 is 2.03 bits per heavy atom. The van der Waals surface area contributed by atoms with Crippen LogP contribution in [0.4, 0.5) is 9.59 Å². The molecule has 5 heterocycles. The van der Waals surface area contributed by atoms with E-state index in [0.29, 0.717) is 25.3 Å². The largest absolute Gasteiger partial charge is 0.457 e. The first-order valence-electron chi connectivity index (χ1n) is 20.3. The number of nitrogens with zero attached hydrogens (tertiary/aromatic N) is 4.